The number of hydrogen-bond acceptors (Lipinski definition) is 5. The highest BCUT2D eigenvalue weighted by Gasteiger charge is 2.50. The summed E-state index contributed by atoms with van der Waals surface area (Å²) < 4.78 is 6.12. The van der Waals surface area contributed by atoms with E-state index in [4.69, 9.17) is 16.3 Å². The Morgan fingerprint density at radius 3 is 2.59 bits per heavy atom. The second kappa shape index (κ2) is 10.6. The van der Waals surface area contributed by atoms with Gasteiger partial charge in [-0.15, -0.1) is 0 Å². The lowest BCUT2D eigenvalue weighted by Crippen LogP contribution is -2.55. The first-order chi connectivity index (χ1) is 16.4. The lowest BCUT2D eigenvalue weighted by molar-refractivity contribution is -0.138. The van der Waals surface area contributed by atoms with E-state index < -0.39 is 24.2 Å². The zero-order valence-electron chi connectivity index (χ0n) is 19.0. The van der Waals surface area contributed by atoms with Crippen LogP contribution in [-0.2, 0) is 16.1 Å². The van der Waals surface area contributed by atoms with Gasteiger partial charge in [0.25, 0.3) is 0 Å². The second-order valence-corrected chi connectivity index (χ2v) is 9.02. The van der Waals surface area contributed by atoms with Gasteiger partial charge < -0.3 is 25.2 Å². The third kappa shape index (κ3) is 4.82. The number of nitrogens with one attached hydrogen (secondary N) is 1. The number of aliphatic hydroxyl groups excluding tert-OH is 2. The zero-order chi connectivity index (χ0) is 24.2. The van der Waals surface area contributed by atoms with Gasteiger partial charge in [0, 0.05) is 35.7 Å². The standard InChI is InChI=1S/C26H29ClN2O5/c1-2-5-22(31)29(15-16-8-10-17(27)11-9-16)20-14-19(26(33)28-12-13-30)23-18-6-3-4-7-21(18)34-25(23)24(20)32/h3-4,6-11,14,20,23-25,30,32H,2,5,12-13,15H2,1H3,(H,28,33). The minimum Gasteiger partial charge on any atom is -0.486 e. The van der Waals surface area contributed by atoms with E-state index >= 15 is 0 Å². The van der Waals surface area contributed by atoms with E-state index in [-0.39, 0.29) is 31.5 Å². The van der Waals surface area contributed by atoms with E-state index in [9.17, 15) is 19.8 Å². The molecule has 2 amide bonds. The molecule has 2 aromatic carbocycles. The summed E-state index contributed by atoms with van der Waals surface area (Å²) in [6, 6.07) is 13.8. The smallest absolute Gasteiger partial charge is 0.247 e. The molecule has 7 nitrogen and oxygen atoms in total. The zero-order valence-corrected chi connectivity index (χ0v) is 19.7. The summed E-state index contributed by atoms with van der Waals surface area (Å²) in [5.41, 5.74) is 2.10. The van der Waals surface area contributed by atoms with Crippen molar-refractivity contribution in [2.24, 2.45) is 0 Å². The van der Waals surface area contributed by atoms with Crippen LogP contribution in [0, 0.1) is 0 Å². The van der Waals surface area contributed by atoms with E-state index in [0.29, 0.717) is 29.2 Å². The Morgan fingerprint density at radius 1 is 1.15 bits per heavy atom. The minimum atomic E-state index is -1.04. The molecule has 2 aromatic rings. The van der Waals surface area contributed by atoms with Crippen molar-refractivity contribution >= 4 is 23.4 Å². The molecule has 0 spiro atoms. The van der Waals surface area contributed by atoms with E-state index in [1.165, 1.54) is 0 Å². The number of carbonyl (C=O) groups excluding carboxylic acids is 2. The van der Waals surface area contributed by atoms with Crippen LogP contribution in [0.1, 0.15) is 36.8 Å². The van der Waals surface area contributed by atoms with Crippen molar-refractivity contribution in [3.63, 3.8) is 0 Å². The number of fused-ring (bicyclic) bond motifs is 3. The van der Waals surface area contributed by atoms with Crippen LogP contribution in [-0.4, -0.2) is 58.3 Å². The van der Waals surface area contributed by atoms with Gasteiger partial charge in [-0.25, -0.2) is 0 Å². The molecule has 4 atom stereocenters. The average Bonchev–Trinajstić information content (AvgIpc) is 3.23. The SMILES string of the molecule is CCCC(=O)N(Cc1ccc(Cl)cc1)C1C=C(C(=O)NCCO)C2c3ccccc3OC2C1O. The molecule has 0 saturated heterocycles. The first-order valence-corrected chi connectivity index (χ1v) is 11.9. The molecule has 4 rings (SSSR count). The molecule has 180 valence electrons. The summed E-state index contributed by atoms with van der Waals surface area (Å²) in [5, 5.41) is 23.9. The molecule has 3 N–H and O–H groups in total. The van der Waals surface area contributed by atoms with Crippen LogP contribution >= 0.6 is 11.6 Å². The topological polar surface area (TPSA) is 99.1 Å². The fraction of sp³-hybridized carbons (Fsp3) is 0.385. The highest BCUT2D eigenvalue weighted by Crippen LogP contribution is 2.47. The molecule has 1 aliphatic heterocycles. The van der Waals surface area contributed by atoms with Crippen LogP contribution in [0.5, 0.6) is 5.75 Å². The van der Waals surface area contributed by atoms with Gasteiger partial charge in [-0.3, -0.25) is 9.59 Å². The van der Waals surface area contributed by atoms with Crippen LogP contribution in [0.25, 0.3) is 0 Å². The fourth-order valence-electron chi connectivity index (χ4n) is 4.69. The van der Waals surface area contributed by atoms with Crippen LogP contribution < -0.4 is 10.1 Å². The van der Waals surface area contributed by atoms with Crippen molar-refractivity contribution in [1.29, 1.82) is 0 Å². The van der Waals surface area contributed by atoms with Crippen LogP contribution in [0.4, 0.5) is 0 Å². The van der Waals surface area contributed by atoms with Crippen LogP contribution in [0.2, 0.25) is 5.02 Å². The highest BCUT2D eigenvalue weighted by molar-refractivity contribution is 6.30. The van der Waals surface area contributed by atoms with Gasteiger partial charge in [-0.2, -0.15) is 0 Å². The molecule has 0 radical (unpaired) electrons. The number of hydrogen-bond donors (Lipinski definition) is 3. The normalized spacial score (nSPS) is 22.8. The molecule has 0 saturated carbocycles. The minimum absolute atomic E-state index is 0.104. The Bertz CT molecular complexity index is 1070. The number of ether oxygens (including phenoxy) is 1. The second-order valence-electron chi connectivity index (χ2n) is 8.58. The molecule has 8 heteroatoms. The molecule has 4 unspecified atom stereocenters. The predicted octanol–water partition coefficient (Wildman–Crippen LogP) is 2.79. The predicted molar refractivity (Wildman–Crippen MR) is 128 cm³/mol. The summed E-state index contributed by atoms with van der Waals surface area (Å²) in [6.07, 6.45) is 0.893. The molecular formula is C26H29ClN2O5. The number of rotatable bonds is 8. The van der Waals surface area contributed by atoms with Crippen LogP contribution in [0.3, 0.4) is 0 Å². The van der Waals surface area contributed by atoms with Gasteiger partial charge in [-0.1, -0.05) is 48.9 Å². The third-order valence-electron chi connectivity index (χ3n) is 6.29. The largest absolute Gasteiger partial charge is 0.486 e. The van der Waals surface area contributed by atoms with E-state index in [1.807, 2.05) is 43.3 Å². The number of halogens is 1. The average molecular weight is 485 g/mol. The summed E-state index contributed by atoms with van der Waals surface area (Å²) >= 11 is 6.02. The van der Waals surface area contributed by atoms with Crippen molar-refractivity contribution < 1.29 is 24.5 Å². The van der Waals surface area contributed by atoms with Crippen LogP contribution in [0.15, 0.2) is 60.2 Å². The monoisotopic (exact) mass is 484 g/mol. The number of aliphatic hydroxyl groups is 2. The maximum atomic E-state index is 13.2. The lowest BCUT2D eigenvalue weighted by atomic mass is 9.77. The van der Waals surface area contributed by atoms with Crippen molar-refractivity contribution in [2.45, 2.75) is 50.5 Å². The van der Waals surface area contributed by atoms with Crippen molar-refractivity contribution in [2.75, 3.05) is 13.2 Å². The number of carbonyl (C=O) groups is 2. The van der Waals surface area contributed by atoms with Gasteiger partial charge in [-0.05, 0) is 36.3 Å². The van der Waals surface area contributed by atoms with Gasteiger partial charge >= 0.3 is 0 Å². The Morgan fingerprint density at radius 2 is 1.88 bits per heavy atom. The van der Waals surface area contributed by atoms with E-state index in [2.05, 4.69) is 5.32 Å². The summed E-state index contributed by atoms with van der Waals surface area (Å²) in [6.45, 7) is 2.09. The Hall–Kier alpha value is -2.87. The maximum absolute atomic E-state index is 13.2. The highest BCUT2D eigenvalue weighted by atomic mass is 35.5. The number of amides is 2. The number of benzene rings is 2. The van der Waals surface area contributed by atoms with Gasteiger partial charge in [0.1, 0.15) is 18.0 Å². The molecule has 2 aliphatic rings. The lowest BCUT2D eigenvalue weighted by Gasteiger charge is -2.40. The summed E-state index contributed by atoms with van der Waals surface area (Å²) in [7, 11) is 0. The Kier molecular flexibility index (Phi) is 7.56. The number of para-hydroxylation sites is 1. The molecular weight excluding hydrogens is 456 g/mol. The van der Waals surface area contributed by atoms with E-state index in [0.717, 1.165) is 11.1 Å². The molecule has 1 heterocycles. The molecule has 0 fully saturated rings. The molecule has 0 aromatic heterocycles. The van der Waals surface area contributed by atoms with Gasteiger partial charge in [0.05, 0.1) is 18.6 Å². The number of nitrogens with zero attached hydrogens (tertiary/aromatic N) is 1. The van der Waals surface area contributed by atoms with Crippen molar-refractivity contribution in [3.8, 4) is 5.75 Å². The Balaban J connectivity index is 1.74. The first kappa shape index (κ1) is 24.3. The summed E-state index contributed by atoms with van der Waals surface area (Å²) in [5.74, 6) is -0.334. The Labute approximate surface area is 204 Å². The summed E-state index contributed by atoms with van der Waals surface area (Å²) in [4.78, 5) is 27.9. The molecule has 34 heavy (non-hydrogen) atoms. The van der Waals surface area contributed by atoms with Crippen molar-refractivity contribution in [1.82, 2.24) is 10.2 Å². The first-order valence-electron chi connectivity index (χ1n) is 11.5. The van der Waals surface area contributed by atoms with E-state index in [1.54, 1.807) is 23.1 Å². The molecule has 0 bridgehead atoms. The van der Waals surface area contributed by atoms with Gasteiger partial charge in [0.2, 0.25) is 11.8 Å². The third-order valence-corrected chi connectivity index (χ3v) is 6.54. The van der Waals surface area contributed by atoms with Crippen molar-refractivity contribution in [3.05, 3.63) is 76.3 Å². The fourth-order valence-corrected chi connectivity index (χ4v) is 4.82. The quantitative estimate of drug-likeness (QED) is 0.535. The van der Waals surface area contributed by atoms with Gasteiger partial charge in [0.15, 0.2) is 0 Å². The maximum Gasteiger partial charge on any atom is 0.247 e. The molecule has 1 aliphatic carbocycles.